The van der Waals surface area contributed by atoms with Crippen molar-refractivity contribution in [1.29, 1.82) is 0 Å². The second kappa shape index (κ2) is 6.47. The van der Waals surface area contributed by atoms with Crippen molar-refractivity contribution in [3.8, 4) is 0 Å². The van der Waals surface area contributed by atoms with E-state index in [1.807, 2.05) is 0 Å². The van der Waals surface area contributed by atoms with Crippen LogP contribution in [0.25, 0.3) is 0 Å². The molecule has 2 rings (SSSR count). The quantitative estimate of drug-likeness (QED) is 0.838. The molecule has 0 amide bonds. The van der Waals surface area contributed by atoms with Gasteiger partial charge in [-0.25, -0.2) is 4.98 Å². The normalized spacial score (nSPS) is 10.6. The van der Waals surface area contributed by atoms with Crippen LogP contribution in [0.1, 0.15) is 23.9 Å². The molecule has 1 heterocycles. The lowest BCUT2D eigenvalue weighted by molar-refractivity contribution is 0.965. The smallest absolute Gasteiger partial charge is 0.202 e. The van der Waals surface area contributed by atoms with E-state index >= 15 is 0 Å². The lowest BCUT2D eigenvalue weighted by Gasteiger charge is -2.04. The fraction of sp³-hybridized carbons (Fsp3) is 0.385. The molecule has 0 bridgehead atoms. The number of hydrogen-bond acceptors (Lipinski definition) is 5. The summed E-state index contributed by atoms with van der Waals surface area (Å²) in [5, 5.41) is 4.17. The number of nitrogens with one attached hydrogen (secondary N) is 1. The highest BCUT2D eigenvalue weighted by atomic mass is 32.1. The molecule has 0 aliphatic heterocycles. The van der Waals surface area contributed by atoms with Crippen LogP contribution >= 0.6 is 11.5 Å². The zero-order chi connectivity index (χ0) is 12.8. The molecule has 96 valence electrons. The van der Waals surface area contributed by atoms with Crippen LogP contribution < -0.4 is 11.1 Å². The third-order valence-corrected chi connectivity index (χ3v) is 3.39. The molecule has 1 aromatic carbocycles. The second-order valence-electron chi connectivity index (χ2n) is 4.08. The molecule has 0 spiro atoms. The average Bonchev–Trinajstić information content (AvgIpc) is 2.86. The standard InChI is InChI=1S/C13H18N4S/c1-2-12-16-13(18-17-12)15-9-11-5-3-10(4-6-11)7-8-14/h3-6H,2,7-9,14H2,1H3,(H,15,16,17). The Hall–Kier alpha value is -1.46. The maximum atomic E-state index is 5.52. The first-order valence-corrected chi connectivity index (χ1v) is 6.93. The number of hydrogen-bond donors (Lipinski definition) is 2. The first kappa shape index (κ1) is 13.0. The van der Waals surface area contributed by atoms with Crippen LogP contribution in [0.4, 0.5) is 5.13 Å². The molecule has 3 N–H and O–H groups in total. The fourth-order valence-electron chi connectivity index (χ4n) is 1.64. The zero-order valence-corrected chi connectivity index (χ0v) is 11.3. The van der Waals surface area contributed by atoms with E-state index in [4.69, 9.17) is 5.73 Å². The fourth-order valence-corrected chi connectivity index (χ4v) is 2.28. The van der Waals surface area contributed by atoms with Gasteiger partial charge in [-0.3, -0.25) is 0 Å². The third kappa shape index (κ3) is 3.51. The van der Waals surface area contributed by atoms with Crippen LogP contribution in [0.15, 0.2) is 24.3 Å². The Bertz CT molecular complexity index is 478. The molecule has 2 aromatic rings. The van der Waals surface area contributed by atoms with Gasteiger partial charge in [-0.15, -0.1) is 0 Å². The summed E-state index contributed by atoms with van der Waals surface area (Å²) in [6, 6.07) is 8.50. The minimum atomic E-state index is 0.697. The van der Waals surface area contributed by atoms with E-state index < -0.39 is 0 Å². The lowest BCUT2D eigenvalue weighted by Crippen LogP contribution is -2.03. The molecule has 18 heavy (non-hydrogen) atoms. The Kier molecular flexibility index (Phi) is 4.66. The highest BCUT2D eigenvalue weighted by molar-refractivity contribution is 7.09. The van der Waals surface area contributed by atoms with Crippen LogP contribution in [0, 0.1) is 0 Å². The van der Waals surface area contributed by atoms with Gasteiger partial charge >= 0.3 is 0 Å². The summed E-state index contributed by atoms with van der Waals surface area (Å²) in [5.74, 6) is 0.904. The van der Waals surface area contributed by atoms with Gasteiger partial charge in [-0.2, -0.15) is 4.37 Å². The Morgan fingerprint density at radius 2 is 1.94 bits per heavy atom. The Balaban J connectivity index is 1.89. The highest BCUT2D eigenvalue weighted by Gasteiger charge is 2.01. The van der Waals surface area contributed by atoms with Crippen molar-refractivity contribution >= 4 is 16.7 Å². The van der Waals surface area contributed by atoms with Gasteiger partial charge in [-0.05, 0) is 24.1 Å². The van der Waals surface area contributed by atoms with Crippen molar-refractivity contribution in [1.82, 2.24) is 9.36 Å². The molecular formula is C13H18N4S. The van der Waals surface area contributed by atoms with Gasteiger partial charge in [0.15, 0.2) is 0 Å². The Labute approximate surface area is 111 Å². The van der Waals surface area contributed by atoms with E-state index in [9.17, 15) is 0 Å². The van der Waals surface area contributed by atoms with Crippen molar-refractivity contribution in [2.45, 2.75) is 26.3 Å². The summed E-state index contributed by atoms with van der Waals surface area (Å²) < 4.78 is 4.24. The Morgan fingerprint density at radius 3 is 2.56 bits per heavy atom. The predicted molar refractivity (Wildman–Crippen MR) is 75.8 cm³/mol. The van der Waals surface area contributed by atoms with Crippen molar-refractivity contribution in [3.05, 3.63) is 41.2 Å². The van der Waals surface area contributed by atoms with Gasteiger partial charge in [0.25, 0.3) is 0 Å². The predicted octanol–water partition coefficient (Wildman–Crippen LogP) is 2.21. The third-order valence-electron chi connectivity index (χ3n) is 2.68. The van der Waals surface area contributed by atoms with E-state index in [0.29, 0.717) is 6.54 Å². The number of aryl methyl sites for hydroxylation is 1. The van der Waals surface area contributed by atoms with Gasteiger partial charge in [0.1, 0.15) is 5.82 Å². The maximum absolute atomic E-state index is 5.52. The number of benzene rings is 1. The Morgan fingerprint density at radius 1 is 1.22 bits per heavy atom. The number of nitrogens with zero attached hydrogens (tertiary/aromatic N) is 2. The van der Waals surface area contributed by atoms with E-state index in [1.54, 1.807) is 0 Å². The average molecular weight is 262 g/mol. The number of anilines is 1. The van der Waals surface area contributed by atoms with E-state index in [2.05, 4.69) is 45.9 Å². The summed E-state index contributed by atoms with van der Waals surface area (Å²) in [5.41, 5.74) is 8.05. The SMILES string of the molecule is CCc1nsc(NCc2ccc(CCN)cc2)n1. The number of nitrogens with two attached hydrogens (primary N) is 1. The number of rotatable bonds is 6. The van der Waals surface area contributed by atoms with E-state index in [-0.39, 0.29) is 0 Å². The summed E-state index contributed by atoms with van der Waals surface area (Å²) in [4.78, 5) is 4.37. The minimum absolute atomic E-state index is 0.697. The zero-order valence-electron chi connectivity index (χ0n) is 10.5. The van der Waals surface area contributed by atoms with E-state index in [0.717, 1.165) is 30.3 Å². The molecule has 0 unspecified atom stereocenters. The minimum Gasteiger partial charge on any atom is -0.356 e. The summed E-state index contributed by atoms with van der Waals surface area (Å²) in [7, 11) is 0. The van der Waals surface area contributed by atoms with Crippen LogP contribution in [0.5, 0.6) is 0 Å². The van der Waals surface area contributed by atoms with Gasteiger partial charge in [0.2, 0.25) is 5.13 Å². The molecule has 0 aliphatic rings. The molecule has 0 radical (unpaired) electrons. The lowest BCUT2D eigenvalue weighted by atomic mass is 10.1. The summed E-state index contributed by atoms with van der Waals surface area (Å²) in [6.07, 6.45) is 1.82. The summed E-state index contributed by atoms with van der Waals surface area (Å²) >= 11 is 1.42. The maximum Gasteiger partial charge on any atom is 0.202 e. The van der Waals surface area contributed by atoms with Crippen molar-refractivity contribution < 1.29 is 0 Å². The summed E-state index contributed by atoms with van der Waals surface area (Å²) in [6.45, 7) is 3.53. The molecule has 0 atom stereocenters. The van der Waals surface area contributed by atoms with Crippen LogP contribution in [-0.2, 0) is 19.4 Å². The molecular weight excluding hydrogens is 244 g/mol. The first-order chi connectivity index (χ1) is 8.81. The van der Waals surface area contributed by atoms with Gasteiger partial charge < -0.3 is 11.1 Å². The molecule has 0 fully saturated rings. The molecule has 0 saturated heterocycles. The van der Waals surface area contributed by atoms with Crippen molar-refractivity contribution in [2.75, 3.05) is 11.9 Å². The molecule has 0 aliphatic carbocycles. The van der Waals surface area contributed by atoms with Gasteiger partial charge in [0.05, 0.1) is 0 Å². The van der Waals surface area contributed by atoms with Gasteiger partial charge in [-0.1, -0.05) is 31.2 Å². The van der Waals surface area contributed by atoms with Crippen LogP contribution in [-0.4, -0.2) is 15.9 Å². The van der Waals surface area contributed by atoms with Gasteiger partial charge in [0, 0.05) is 24.5 Å². The second-order valence-corrected chi connectivity index (χ2v) is 4.83. The topological polar surface area (TPSA) is 63.8 Å². The van der Waals surface area contributed by atoms with Crippen LogP contribution in [0.2, 0.25) is 0 Å². The molecule has 5 heteroatoms. The molecule has 0 saturated carbocycles. The van der Waals surface area contributed by atoms with E-state index in [1.165, 1.54) is 22.7 Å². The van der Waals surface area contributed by atoms with Crippen LogP contribution in [0.3, 0.4) is 0 Å². The molecule has 1 aromatic heterocycles. The largest absolute Gasteiger partial charge is 0.356 e. The first-order valence-electron chi connectivity index (χ1n) is 6.16. The van der Waals surface area contributed by atoms with Crippen molar-refractivity contribution in [2.24, 2.45) is 5.73 Å². The monoisotopic (exact) mass is 262 g/mol. The number of aromatic nitrogens is 2. The highest BCUT2D eigenvalue weighted by Crippen LogP contribution is 2.13. The molecule has 4 nitrogen and oxygen atoms in total. The van der Waals surface area contributed by atoms with Crippen molar-refractivity contribution in [3.63, 3.8) is 0 Å².